The molecule has 1 aromatic rings. The number of hydrogen-bond acceptors (Lipinski definition) is 6. The van der Waals surface area contributed by atoms with E-state index in [0.29, 0.717) is 0 Å². The third-order valence-electron chi connectivity index (χ3n) is 2.72. The van der Waals surface area contributed by atoms with Gasteiger partial charge < -0.3 is 9.64 Å². The van der Waals surface area contributed by atoms with E-state index in [1.807, 2.05) is 34.7 Å². The molecule has 0 saturated heterocycles. The van der Waals surface area contributed by atoms with Crippen molar-refractivity contribution in [1.82, 2.24) is 9.36 Å². The molecule has 114 valence electrons. The number of anilines is 1. The minimum atomic E-state index is -0.482. The van der Waals surface area contributed by atoms with E-state index in [0.717, 1.165) is 11.0 Å². The summed E-state index contributed by atoms with van der Waals surface area (Å²) in [5, 5.41) is 0.730. The summed E-state index contributed by atoms with van der Waals surface area (Å²) in [6.45, 7) is 13.6. The Morgan fingerprint density at radius 1 is 1.25 bits per heavy atom. The number of esters is 1. The van der Waals surface area contributed by atoms with Gasteiger partial charge in [0.1, 0.15) is 17.5 Å². The van der Waals surface area contributed by atoms with Crippen molar-refractivity contribution in [2.45, 2.75) is 65.5 Å². The third-order valence-corrected chi connectivity index (χ3v) is 3.52. The van der Waals surface area contributed by atoms with Gasteiger partial charge in [0, 0.05) is 24.0 Å². The number of hydrogen-bond donors (Lipinski definition) is 0. The number of carbonyl (C=O) groups excluding carboxylic acids is 1. The summed E-state index contributed by atoms with van der Waals surface area (Å²) in [5.74, 6) is 0.535. The van der Waals surface area contributed by atoms with Gasteiger partial charge in [-0.15, -0.1) is 0 Å². The van der Waals surface area contributed by atoms with Gasteiger partial charge >= 0.3 is 5.97 Å². The first-order chi connectivity index (χ1) is 8.92. The largest absolute Gasteiger partial charge is 0.458 e. The summed E-state index contributed by atoms with van der Waals surface area (Å²) in [6.07, 6.45) is 0. The highest BCUT2D eigenvalue weighted by molar-refractivity contribution is 7.09. The van der Waals surface area contributed by atoms with E-state index in [9.17, 15) is 4.79 Å². The predicted octanol–water partition coefficient (Wildman–Crippen LogP) is 3.00. The molecule has 1 aromatic heterocycles. The van der Waals surface area contributed by atoms with Crippen LogP contribution in [-0.2, 0) is 14.9 Å². The number of carbonyl (C=O) groups is 1. The van der Waals surface area contributed by atoms with Gasteiger partial charge in [-0.3, -0.25) is 0 Å². The van der Waals surface area contributed by atoms with Crippen molar-refractivity contribution in [1.29, 1.82) is 0 Å². The van der Waals surface area contributed by atoms with Crippen LogP contribution in [0.1, 0.15) is 54.3 Å². The quantitative estimate of drug-likeness (QED) is 0.803. The molecule has 5 nitrogen and oxygen atoms in total. The minimum Gasteiger partial charge on any atom is -0.458 e. The molecule has 0 amide bonds. The highest BCUT2D eigenvalue weighted by atomic mass is 32.1. The Kier molecular flexibility index (Phi) is 4.79. The van der Waals surface area contributed by atoms with E-state index in [1.165, 1.54) is 11.5 Å². The van der Waals surface area contributed by atoms with Crippen LogP contribution in [0, 0.1) is 0 Å². The zero-order valence-corrected chi connectivity index (χ0v) is 14.5. The fraction of sp³-hybridized carbons (Fsp3) is 0.786. The first kappa shape index (κ1) is 16.9. The van der Waals surface area contributed by atoms with Crippen molar-refractivity contribution < 1.29 is 9.53 Å². The van der Waals surface area contributed by atoms with E-state index in [-0.39, 0.29) is 11.4 Å². The number of aromatic nitrogens is 2. The first-order valence-electron chi connectivity index (χ1n) is 6.71. The molecule has 1 unspecified atom stereocenters. The lowest BCUT2D eigenvalue weighted by Crippen LogP contribution is -2.40. The Hall–Kier alpha value is -1.17. The average Bonchev–Trinajstić information content (AvgIpc) is 2.73. The van der Waals surface area contributed by atoms with Crippen molar-refractivity contribution in [2.75, 3.05) is 11.9 Å². The van der Waals surface area contributed by atoms with Gasteiger partial charge in [-0.2, -0.15) is 4.37 Å². The summed E-state index contributed by atoms with van der Waals surface area (Å²) in [6, 6.07) is -0.394. The van der Waals surface area contributed by atoms with Gasteiger partial charge in [0.05, 0.1) is 0 Å². The smallest absolute Gasteiger partial charge is 0.329 e. The topological polar surface area (TPSA) is 55.3 Å². The molecule has 1 atom stereocenters. The van der Waals surface area contributed by atoms with Crippen LogP contribution in [0.15, 0.2) is 0 Å². The van der Waals surface area contributed by atoms with Crippen molar-refractivity contribution in [3.05, 3.63) is 5.82 Å². The molecule has 0 aliphatic carbocycles. The summed E-state index contributed by atoms with van der Waals surface area (Å²) in [7, 11) is 1.83. The highest BCUT2D eigenvalue weighted by Crippen LogP contribution is 2.26. The molecule has 0 aromatic carbocycles. The van der Waals surface area contributed by atoms with Gasteiger partial charge in [-0.25, -0.2) is 9.78 Å². The SMILES string of the molecule is CC(C(=O)OC(C)(C)C)N(C)c1nc(C(C)(C)C)ns1. The molecular weight excluding hydrogens is 274 g/mol. The van der Waals surface area contributed by atoms with Crippen molar-refractivity contribution >= 4 is 22.6 Å². The van der Waals surface area contributed by atoms with E-state index in [1.54, 1.807) is 4.90 Å². The molecule has 0 aliphatic rings. The molecule has 1 rings (SSSR count). The van der Waals surface area contributed by atoms with Gasteiger partial charge in [-0.05, 0) is 27.7 Å². The first-order valence-corrected chi connectivity index (χ1v) is 7.49. The van der Waals surface area contributed by atoms with Crippen molar-refractivity contribution in [3.63, 3.8) is 0 Å². The summed E-state index contributed by atoms with van der Waals surface area (Å²) >= 11 is 1.31. The Morgan fingerprint density at radius 2 is 1.80 bits per heavy atom. The Bertz CT molecular complexity index is 471. The van der Waals surface area contributed by atoms with Crippen LogP contribution >= 0.6 is 11.5 Å². The third kappa shape index (κ3) is 4.44. The lowest BCUT2D eigenvalue weighted by molar-refractivity contribution is -0.155. The second-order valence-corrected chi connectivity index (χ2v) is 7.70. The second kappa shape index (κ2) is 5.68. The van der Waals surface area contributed by atoms with Crippen LogP contribution in [0.3, 0.4) is 0 Å². The molecule has 0 bridgehead atoms. The van der Waals surface area contributed by atoms with E-state index >= 15 is 0 Å². The zero-order chi connectivity index (χ0) is 15.7. The maximum atomic E-state index is 12.1. The second-order valence-electron chi connectivity index (χ2n) is 6.97. The van der Waals surface area contributed by atoms with E-state index < -0.39 is 11.6 Å². The van der Waals surface area contributed by atoms with Gasteiger partial charge in [0.2, 0.25) is 5.13 Å². The molecule has 0 spiro atoms. The van der Waals surface area contributed by atoms with E-state index in [4.69, 9.17) is 4.74 Å². The number of ether oxygens (including phenoxy) is 1. The monoisotopic (exact) mass is 299 g/mol. The minimum absolute atomic E-state index is 0.0925. The van der Waals surface area contributed by atoms with Crippen LogP contribution in [0.25, 0.3) is 0 Å². The van der Waals surface area contributed by atoms with Crippen LogP contribution < -0.4 is 4.90 Å². The van der Waals surface area contributed by atoms with Crippen molar-refractivity contribution in [2.24, 2.45) is 0 Å². The van der Waals surface area contributed by atoms with Crippen LogP contribution in [0.2, 0.25) is 0 Å². The molecule has 0 N–H and O–H groups in total. The fourth-order valence-electron chi connectivity index (χ4n) is 1.37. The number of rotatable bonds is 3. The van der Waals surface area contributed by atoms with E-state index in [2.05, 4.69) is 30.1 Å². The molecule has 20 heavy (non-hydrogen) atoms. The van der Waals surface area contributed by atoms with Crippen LogP contribution in [-0.4, -0.2) is 34.0 Å². The lowest BCUT2D eigenvalue weighted by atomic mass is 9.96. The predicted molar refractivity (Wildman–Crippen MR) is 82.3 cm³/mol. The zero-order valence-electron chi connectivity index (χ0n) is 13.6. The molecular formula is C14H25N3O2S. The standard InChI is InChI=1S/C14H25N3O2S/c1-9(10(18)19-14(5,6)7)17(8)12-15-11(16-20-12)13(2,3)4/h9H,1-8H3. The summed E-state index contributed by atoms with van der Waals surface area (Å²) in [4.78, 5) is 18.4. The maximum Gasteiger partial charge on any atom is 0.329 e. The molecule has 0 saturated carbocycles. The van der Waals surface area contributed by atoms with Crippen molar-refractivity contribution in [3.8, 4) is 0 Å². The molecule has 0 fully saturated rings. The summed E-state index contributed by atoms with van der Waals surface area (Å²) < 4.78 is 9.75. The fourth-order valence-corrected chi connectivity index (χ4v) is 2.27. The van der Waals surface area contributed by atoms with Gasteiger partial charge in [0.25, 0.3) is 0 Å². The maximum absolute atomic E-state index is 12.1. The van der Waals surface area contributed by atoms with Gasteiger partial charge in [0.15, 0.2) is 0 Å². The Balaban J connectivity index is 2.82. The van der Waals surface area contributed by atoms with Crippen LogP contribution in [0.4, 0.5) is 5.13 Å². The molecule has 0 aliphatic heterocycles. The number of nitrogens with zero attached hydrogens (tertiary/aromatic N) is 3. The molecule has 0 radical (unpaired) electrons. The molecule has 6 heteroatoms. The average molecular weight is 299 g/mol. The Morgan fingerprint density at radius 3 is 2.20 bits per heavy atom. The Labute approximate surface area is 125 Å². The summed E-state index contributed by atoms with van der Waals surface area (Å²) in [5.41, 5.74) is -0.575. The number of likely N-dealkylation sites (N-methyl/N-ethyl adjacent to an activating group) is 1. The highest BCUT2D eigenvalue weighted by Gasteiger charge is 2.28. The lowest BCUT2D eigenvalue weighted by Gasteiger charge is -2.27. The van der Waals surface area contributed by atoms with Gasteiger partial charge in [-0.1, -0.05) is 20.8 Å². The van der Waals surface area contributed by atoms with Crippen LogP contribution in [0.5, 0.6) is 0 Å². The molecule has 1 heterocycles. The normalized spacial score (nSPS) is 14.0.